The molecule has 1 aliphatic heterocycles. The Morgan fingerprint density at radius 1 is 1.33 bits per heavy atom. The van der Waals surface area contributed by atoms with Crippen LogP contribution in [0, 0.1) is 0 Å². The van der Waals surface area contributed by atoms with Gasteiger partial charge in [0.25, 0.3) is 0 Å². The Morgan fingerprint density at radius 3 is 2.56 bits per heavy atom. The summed E-state index contributed by atoms with van der Waals surface area (Å²) in [6.45, 7) is 8.29. The number of hydrogen-bond acceptors (Lipinski definition) is 3. The largest absolute Gasteiger partial charge is 0.508 e. The third kappa shape index (κ3) is 2.46. The van der Waals surface area contributed by atoms with Gasteiger partial charge in [-0.05, 0) is 30.5 Å². The number of nitrogens with one attached hydrogen (secondary N) is 1. The highest BCUT2D eigenvalue weighted by molar-refractivity contribution is 5.50. The van der Waals surface area contributed by atoms with E-state index in [1.807, 2.05) is 12.1 Å². The molecule has 3 nitrogen and oxygen atoms in total. The lowest BCUT2D eigenvalue weighted by atomic mass is 9.84. The van der Waals surface area contributed by atoms with Crippen molar-refractivity contribution < 1.29 is 9.84 Å². The Labute approximate surface area is 109 Å². The first-order chi connectivity index (χ1) is 8.43. The minimum absolute atomic E-state index is 0.0795. The normalized spacial score (nSPS) is 20.1. The molecule has 0 aromatic heterocycles. The lowest BCUT2D eigenvalue weighted by molar-refractivity contribution is 0.397. The summed E-state index contributed by atoms with van der Waals surface area (Å²) in [7, 11) is 1.70. The van der Waals surface area contributed by atoms with Crippen molar-refractivity contribution in [3.63, 3.8) is 0 Å². The standard InChI is InChI=1S/C15H23NO2/c1-15(2,3)12-8-14(18-4)11(7-13(12)17)10-5-6-16-9-10/h7-8,10,16-17H,5-6,9H2,1-4H3. The van der Waals surface area contributed by atoms with Crippen LogP contribution in [0.15, 0.2) is 12.1 Å². The Morgan fingerprint density at radius 2 is 2.06 bits per heavy atom. The van der Waals surface area contributed by atoms with Crippen LogP contribution >= 0.6 is 0 Å². The summed E-state index contributed by atoms with van der Waals surface area (Å²) in [4.78, 5) is 0. The summed E-state index contributed by atoms with van der Waals surface area (Å²) in [5, 5.41) is 13.6. The average molecular weight is 249 g/mol. The van der Waals surface area contributed by atoms with Gasteiger partial charge in [-0.1, -0.05) is 20.8 Å². The minimum atomic E-state index is -0.0795. The summed E-state index contributed by atoms with van der Waals surface area (Å²) >= 11 is 0. The second-order valence-corrected chi connectivity index (χ2v) is 6.05. The van der Waals surface area contributed by atoms with Crippen LogP contribution in [0.25, 0.3) is 0 Å². The molecule has 18 heavy (non-hydrogen) atoms. The Hall–Kier alpha value is -1.22. The topological polar surface area (TPSA) is 41.5 Å². The van der Waals surface area contributed by atoms with Crippen molar-refractivity contribution in [1.82, 2.24) is 5.32 Å². The second kappa shape index (κ2) is 4.81. The van der Waals surface area contributed by atoms with Crippen molar-refractivity contribution in [1.29, 1.82) is 0 Å². The monoisotopic (exact) mass is 249 g/mol. The lowest BCUT2D eigenvalue weighted by Gasteiger charge is -2.23. The van der Waals surface area contributed by atoms with Gasteiger partial charge < -0.3 is 15.2 Å². The fraction of sp³-hybridized carbons (Fsp3) is 0.600. The molecule has 1 aromatic carbocycles. The highest BCUT2D eigenvalue weighted by Gasteiger charge is 2.25. The van der Waals surface area contributed by atoms with Crippen LogP contribution in [0.1, 0.15) is 44.2 Å². The maximum Gasteiger partial charge on any atom is 0.122 e. The van der Waals surface area contributed by atoms with Crippen molar-refractivity contribution in [2.75, 3.05) is 20.2 Å². The van der Waals surface area contributed by atoms with Gasteiger partial charge in [0.15, 0.2) is 0 Å². The van der Waals surface area contributed by atoms with E-state index in [2.05, 4.69) is 26.1 Å². The fourth-order valence-electron chi connectivity index (χ4n) is 2.60. The SMILES string of the molecule is COc1cc(C(C)(C)C)c(O)cc1C1CCNC1. The van der Waals surface area contributed by atoms with Gasteiger partial charge in [-0.3, -0.25) is 0 Å². The molecule has 0 bridgehead atoms. The van der Waals surface area contributed by atoms with E-state index in [4.69, 9.17) is 4.74 Å². The number of aromatic hydroxyl groups is 1. The van der Waals surface area contributed by atoms with Crippen LogP contribution < -0.4 is 10.1 Å². The van der Waals surface area contributed by atoms with E-state index in [0.717, 1.165) is 36.4 Å². The summed E-state index contributed by atoms with van der Waals surface area (Å²) in [5.74, 6) is 1.72. The van der Waals surface area contributed by atoms with E-state index in [1.165, 1.54) is 0 Å². The molecule has 0 amide bonds. The van der Waals surface area contributed by atoms with Crippen LogP contribution in [-0.4, -0.2) is 25.3 Å². The summed E-state index contributed by atoms with van der Waals surface area (Å²) in [6, 6.07) is 3.88. The van der Waals surface area contributed by atoms with Gasteiger partial charge in [0, 0.05) is 23.6 Å². The highest BCUT2D eigenvalue weighted by Crippen LogP contribution is 2.40. The van der Waals surface area contributed by atoms with Gasteiger partial charge in [-0.2, -0.15) is 0 Å². The number of benzene rings is 1. The quantitative estimate of drug-likeness (QED) is 0.847. The van der Waals surface area contributed by atoms with Gasteiger partial charge in [0.1, 0.15) is 11.5 Å². The van der Waals surface area contributed by atoms with E-state index in [0.29, 0.717) is 11.7 Å². The van der Waals surface area contributed by atoms with Crippen LogP contribution in [0.5, 0.6) is 11.5 Å². The molecule has 1 heterocycles. The molecule has 0 radical (unpaired) electrons. The smallest absolute Gasteiger partial charge is 0.122 e. The van der Waals surface area contributed by atoms with Crippen LogP contribution in [0.2, 0.25) is 0 Å². The molecule has 2 rings (SSSR count). The molecule has 1 unspecified atom stereocenters. The first-order valence-electron chi connectivity index (χ1n) is 6.55. The zero-order valence-corrected chi connectivity index (χ0v) is 11.7. The zero-order chi connectivity index (χ0) is 13.3. The van der Waals surface area contributed by atoms with E-state index in [9.17, 15) is 5.11 Å². The van der Waals surface area contributed by atoms with Crippen LogP contribution in [0.3, 0.4) is 0 Å². The molecule has 1 saturated heterocycles. The molecular formula is C15H23NO2. The molecule has 0 spiro atoms. The van der Waals surface area contributed by atoms with Crippen molar-refractivity contribution in [2.45, 2.75) is 38.5 Å². The predicted octanol–water partition coefficient (Wildman–Crippen LogP) is 2.78. The Kier molecular flexibility index (Phi) is 3.53. The maximum absolute atomic E-state index is 10.2. The van der Waals surface area contributed by atoms with Gasteiger partial charge in [-0.15, -0.1) is 0 Å². The van der Waals surface area contributed by atoms with E-state index in [-0.39, 0.29) is 5.41 Å². The van der Waals surface area contributed by atoms with Gasteiger partial charge in [0.05, 0.1) is 7.11 Å². The molecule has 1 aromatic rings. The van der Waals surface area contributed by atoms with Crippen molar-refractivity contribution >= 4 is 0 Å². The molecule has 100 valence electrons. The Bertz CT molecular complexity index is 429. The molecule has 0 saturated carbocycles. The summed E-state index contributed by atoms with van der Waals surface area (Å²) in [5.41, 5.74) is 1.98. The highest BCUT2D eigenvalue weighted by atomic mass is 16.5. The van der Waals surface area contributed by atoms with E-state index >= 15 is 0 Å². The number of methoxy groups -OCH3 is 1. The number of ether oxygens (including phenoxy) is 1. The molecule has 2 N–H and O–H groups in total. The molecule has 1 aliphatic rings. The maximum atomic E-state index is 10.2. The summed E-state index contributed by atoms with van der Waals surface area (Å²) < 4.78 is 5.51. The number of phenols is 1. The third-order valence-corrected chi connectivity index (χ3v) is 3.66. The van der Waals surface area contributed by atoms with Crippen LogP contribution in [0.4, 0.5) is 0 Å². The first kappa shape index (κ1) is 13.2. The number of rotatable bonds is 2. The van der Waals surface area contributed by atoms with Crippen molar-refractivity contribution in [3.8, 4) is 11.5 Å². The molecule has 1 atom stereocenters. The van der Waals surface area contributed by atoms with E-state index < -0.39 is 0 Å². The van der Waals surface area contributed by atoms with Gasteiger partial charge in [-0.25, -0.2) is 0 Å². The number of phenolic OH excluding ortho intramolecular Hbond substituents is 1. The molecular weight excluding hydrogens is 226 g/mol. The van der Waals surface area contributed by atoms with Crippen LogP contribution in [-0.2, 0) is 5.41 Å². The molecule has 1 fully saturated rings. The minimum Gasteiger partial charge on any atom is -0.508 e. The number of hydrogen-bond donors (Lipinski definition) is 2. The summed E-state index contributed by atoms with van der Waals surface area (Å²) in [6.07, 6.45) is 1.10. The lowest BCUT2D eigenvalue weighted by Crippen LogP contribution is -2.13. The first-order valence-corrected chi connectivity index (χ1v) is 6.55. The van der Waals surface area contributed by atoms with Gasteiger partial charge >= 0.3 is 0 Å². The molecule has 0 aliphatic carbocycles. The fourth-order valence-corrected chi connectivity index (χ4v) is 2.60. The Balaban J connectivity index is 2.46. The van der Waals surface area contributed by atoms with Crippen molar-refractivity contribution in [3.05, 3.63) is 23.3 Å². The molecule has 3 heteroatoms. The average Bonchev–Trinajstić information content (AvgIpc) is 2.80. The second-order valence-electron chi connectivity index (χ2n) is 6.05. The zero-order valence-electron chi connectivity index (χ0n) is 11.7. The van der Waals surface area contributed by atoms with Crippen molar-refractivity contribution in [2.24, 2.45) is 0 Å². The third-order valence-electron chi connectivity index (χ3n) is 3.66. The predicted molar refractivity (Wildman–Crippen MR) is 73.6 cm³/mol. The van der Waals surface area contributed by atoms with Gasteiger partial charge in [0.2, 0.25) is 0 Å². The van der Waals surface area contributed by atoms with E-state index in [1.54, 1.807) is 7.11 Å².